The van der Waals surface area contributed by atoms with E-state index in [1.54, 1.807) is 84.9 Å². The van der Waals surface area contributed by atoms with E-state index in [0.29, 0.717) is 80.7 Å². The average molecular weight is 1470 g/mol. The lowest BCUT2D eigenvalue weighted by Gasteiger charge is -2.21. The van der Waals surface area contributed by atoms with E-state index in [9.17, 15) is 39.6 Å². The summed E-state index contributed by atoms with van der Waals surface area (Å²) in [7, 11) is 0. The van der Waals surface area contributed by atoms with Gasteiger partial charge in [-0.3, -0.25) is 0 Å². The van der Waals surface area contributed by atoms with Crippen LogP contribution in [0, 0.1) is 0 Å². The maximum absolute atomic E-state index is 14.0. The molecule has 4 atom stereocenters. The van der Waals surface area contributed by atoms with E-state index in [2.05, 4.69) is 13.8 Å². The van der Waals surface area contributed by atoms with Gasteiger partial charge >= 0.3 is 23.9 Å². The van der Waals surface area contributed by atoms with Gasteiger partial charge in [-0.15, -0.1) is 0 Å². The number of aliphatic hydroxyl groups is 4. The maximum Gasteiger partial charge on any atom is 0.339 e. The summed E-state index contributed by atoms with van der Waals surface area (Å²) in [6.07, 6.45) is 5.89. The molecule has 18 nitrogen and oxygen atoms in total. The third-order valence-electron chi connectivity index (χ3n) is 19.0. The van der Waals surface area contributed by atoms with E-state index in [4.69, 9.17) is 47.4 Å². The molecule has 12 rings (SSSR count). The zero-order valence-electron chi connectivity index (χ0n) is 61.4. The molecule has 0 radical (unpaired) electrons. The first-order valence-corrected chi connectivity index (χ1v) is 37.6. The quantitative estimate of drug-likeness (QED) is 0.0121. The van der Waals surface area contributed by atoms with Crippen molar-refractivity contribution < 1.29 is 87.0 Å². The van der Waals surface area contributed by atoms with Gasteiger partial charge in [-0.05, 0) is 175 Å². The van der Waals surface area contributed by atoms with Crippen LogP contribution in [0.1, 0.15) is 131 Å². The van der Waals surface area contributed by atoms with E-state index in [1.165, 1.54) is 12.8 Å². The van der Waals surface area contributed by atoms with Crippen LogP contribution in [0.3, 0.4) is 0 Å². The number of esters is 4. The second kappa shape index (κ2) is 38.5. The molecule has 0 spiro atoms. The van der Waals surface area contributed by atoms with Crippen molar-refractivity contribution in [2.75, 3.05) is 66.1 Å². The number of unbranched alkanes of at least 4 members (excludes halogenated alkanes) is 8. The van der Waals surface area contributed by atoms with Crippen molar-refractivity contribution in [2.45, 2.75) is 109 Å². The number of carbonyl (C=O) groups excluding carboxylic acids is 4. The number of fused-ring (bicyclic) bond motifs is 6. The third-order valence-corrected chi connectivity index (χ3v) is 19.0. The number of benzene rings is 12. The molecule has 12 aromatic rings. The second-order valence-electron chi connectivity index (χ2n) is 27.2. The SMILES string of the molecule is CCCCCCCOc1ccc(C(=O)OCC(O)COc2ccc3ccc(OCC(O)COC(=O)c4c5ccccc5cc5ccccc45)cc3c2Cc2c(OCC(O)COC(=O)c3ccc(OCCCCCCC)cc3)ccc3ccc(OCC(O)COC(=O)c4c5ccccc5cc5ccccc45)cc23)cc1. The lowest BCUT2D eigenvalue weighted by Crippen LogP contribution is -2.26. The van der Waals surface area contributed by atoms with Gasteiger partial charge in [-0.2, -0.15) is 0 Å². The second-order valence-corrected chi connectivity index (χ2v) is 27.2. The largest absolute Gasteiger partial charge is 0.494 e. The fourth-order valence-electron chi connectivity index (χ4n) is 13.3. The van der Waals surface area contributed by atoms with E-state index in [1.807, 2.05) is 133 Å². The summed E-state index contributed by atoms with van der Waals surface area (Å²) in [5, 5.41) is 54.9. The van der Waals surface area contributed by atoms with Gasteiger partial charge < -0.3 is 67.8 Å². The molecule has 564 valence electrons. The molecule has 4 N–H and O–H groups in total. The molecule has 0 amide bonds. The van der Waals surface area contributed by atoms with Gasteiger partial charge in [0.25, 0.3) is 0 Å². The summed E-state index contributed by atoms with van der Waals surface area (Å²) in [6, 6.07) is 65.5. The predicted octanol–water partition coefficient (Wildman–Crippen LogP) is 17.3. The molecule has 0 fully saturated rings. The van der Waals surface area contributed by atoms with Gasteiger partial charge in [0, 0.05) is 17.5 Å². The summed E-state index contributed by atoms with van der Waals surface area (Å²) in [4.78, 5) is 54.7. The van der Waals surface area contributed by atoms with Crippen LogP contribution in [-0.4, -0.2) is 135 Å². The first-order valence-electron chi connectivity index (χ1n) is 37.6. The maximum atomic E-state index is 14.0. The zero-order valence-corrected chi connectivity index (χ0v) is 61.4. The van der Waals surface area contributed by atoms with Crippen molar-refractivity contribution >= 4 is 88.5 Å². The minimum Gasteiger partial charge on any atom is -0.494 e. The summed E-state index contributed by atoms with van der Waals surface area (Å²) >= 11 is 0. The van der Waals surface area contributed by atoms with Crippen molar-refractivity contribution in [1.82, 2.24) is 0 Å². The average Bonchev–Trinajstić information content (AvgIpc) is 0.780. The molecular weight excluding hydrogens is 1380 g/mol. The number of aliphatic hydroxyl groups excluding tert-OH is 4. The summed E-state index contributed by atoms with van der Waals surface area (Å²) in [5.41, 5.74) is 2.44. The Balaban J connectivity index is 0.801. The number of hydrogen-bond donors (Lipinski definition) is 4. The van der Waals surface area contributed by atoms with Crippen LogP contribution < -0.4 is 28.4 Å². The monoisotopic (exact) mass is 1470 g/mol. The Hall–Kier alpha value is -11.3. The highest BCUT2D eigenvalue weighted by Gasteiger charge is 2.25. The highest BCUT2D eigenvalue weighted by Crippen LogP contribution is 2.40. The fourth-order valence-corrected chi connectivity index (χ4v) is 13.3. The van der Waals surface area contributed by atoms with E-state index in [-0.39, 0.29) is 57.2 Å². The number of carbonyl (C=O) groups is 4. The molecule has 0 bridgehead atoms. The fraction of sp³-hybridized carbons (Fsp3) is 0.297. The molecule has 109 heavy (non-hydrogen) atoms. The van der Waals surface area contributed by atoms with Gasteiger partial charge in [0.05, 0.1) is 35.5 Å². The third kappa shape index (κ3) is 20.7. The van der Waals surface area contributed by atoms with Crippen molar-refractivity contribution in [1.29, 1.82) is 0 Å². The van der Waals surface area contributed by atoms with Crippen molar-refractivity contribution in [3.63, 3.8) is 0 Å². The highest BCUT2D eigenvalue weighted by molar-refractivity contribution is 6.17. The minimum absolute atomic E-state index is 0.0302. The summed E-state index contributed by atoms with van der Waals surface area (Å²) < 4.78 is 60.3. The Kier molecular flexibility index (Phi) is 27.3. The Bertz CT molecular complexity index is 4650. The lowest BCUT2D eigenvalue weighted by atomic mass is 9.93. The van der Waals surface area contributed by atoms with Crippen LogP contribution >= 0.6 is 0 Å². The molecule has 0 aliphatic heterocycles. The van der Waals surface area contributed by atoms with Gasteiger partial charge in [-0.25, -0.2) is 19.2 Å². The highest BCUT2D eigenvalue weighted by atomic mass is 16.6. The Morgan fingerprint density at radius 2 is 0.596 bits per heavy atom. The molecule has 0 saturated carbocycles. The first-order chi connectivity index (χ1) is 53.3. The van der Waals surface area contributed by atoms with Crippen molar-refractivity contribution in [3.8, 4) is 34.5 Å². The molecule has 0 aromatic heterocycles. The van der Waals surface area contributed by atoms with Crippen LogP contribution in [0.4, 0.5) is 0 Å². The molecule has 0 saturated heterocycles. The van der Waals surface area contributed by atoms with E-state index < -0.39 is 61.5 Å². The topological polar surface area (TPSA) is 241 Å². The molecule has 12 aromatic carbocycles. The van der Waals surface area contributed by atoms with Crippen molar-refractivity contribution in [3.05, 3.63) is 252 Å². The molecule has 18 heteroatoms. The summed E-state index contributed by atoms with van der Waals surface area (Å²) in [6.45, 7) is 2.69. The standard InChI is InChI=1S/C91H92O18/c1-3-5-7-9-19-45-100-72-37-31-62(32-38-72)88(96)106-56-70(94)54-104-84-43-35-60-29-41-74(102-52-68(92)58-108-90(98)86-76-25-15-11-21-64(76)47-65-22-12-16-26-77(65)86)49-80(60)82(84)51-83-81-50-75(103-53-69(93)59-109-91(99)87-78-27-17-13-23-66(78)48-67-24-14-18-28-79(67)87)42-30-61(81)36-44-85(83)105-55-71(95)57-107-89(97)63-33-39-73(40-34-63)101-46-20-10-8-6-4-2/h11-18,21-44,47-50,68-71,92-95H,3-10,19-20,45-46,51-59H2,1-2H3. The van der Waals surface area contributed by atoms with Crippen LogP contribution in [0.2, 0.25) is 0 Å². The first kappa shape index (κ1) is 77.3. The normalized spacial score (nSPS) is 12.5. The Morgan fingerprint density at radius 3 is 0.954 bits per heavy atom. The summed E-state index contributed by atoms with van der Waals surface area (Å²) in [5.74, 6) is 0.0492. The predicted molar refractivity (Wildman–Crippen MR) is 422 cm³/mol. The van der Waals surface area contributed by atoms with Gasteiger partial charge in [-0.1, -0.05) is 187 Å². The number of rotatable bonds is 40. The smallest absolute Gasteiger partial charge is 0.339 e. The van der Waals surface area contributed by atoms with Crippen LogP contribution in [-0.2, 0) is 25.4 Å². The number of hydrogen-bond acceptors (Lipinski definition) is 18. The Morgan fingerprint density at radius 1 is 0.284 bits per heavy atom. The minimum atomic E-state index is -1.31. The van der Waals surface area contributed by atoms with Crippen LogP contribution in [0.25, 0.3) is 64.6 Å². The molecule has 0 aliphatic rings. The van der Waals surface area contributed by atoms with E-state index in [0.717, 1.165) is 105 Å². The van der Waals surface area contributed by atoms with E-state index >= 15 is 0 Å². The molecule has 0 heterocycles. The van der Waals surface area contributed by atoms with Crippen LogP contribution in [0.15, 0.2) is 218 Å². The number of ether oxygens (including phenoxy) is 10. The van der Waals surface area contributed by atoms with Gasteiger partial charge in [0.2, 0.25) is 0 Å². The molecular formula is C91H92O18. The Labute approximate surface area is 633 Å². The molecule has 0 aliphatic carbocycles. The van der Waals surface area contributed by atoms with Gasteiger partial charge in [0.15, 0.2) is 0 Å². The van der Waals surface area contributed by atoms with Gasteiger partial charge in [0.1, 0.15) is 112 Å². The lowest BCUT2D eigenvalue weighted by molar-refractivity contribution is 0.0128. The van der Waals surface area contributed by atoms with Crippen molar-refractivity contribution in [2.24, 2.45) is 0 Å². The van der Waals surface area contributed by atoms with Crippen LogP contribution in [0.5, 0.6) is 34.5 Å². The zero-order chi connectivity index (χ0) is 75.9. The molecule has 4 unspecified atom stereocenters.